The summed E-state index contributed by atoms with van der Waals surface area (Å²) < 4.78 is 45.9. The molecule has 0 spiro atoms. The summed E-state index contributed by atoms with van der Waals surface area (Å²) >= 11 is 0. The molecule has 0 aliphatic carbocycles. The number of rotatable bonds is 8. The van der Waals surface area contributed by atoms with Gasteiger partial charge in [0.25, 0.3) is 0 Å². The second-order valence-electron chi connectivity index (χ2n) is 8.70. The molecule has 0 unspecified atom stereocenters. The van der Waals surface area contributed by atoms with Crippen LogP contribution in [-0.2, 0) is 14.8 Å². The van der Waals surface area contributed by atoms with Crippen LogP contribution in [0.5, 0.6) is 5.75 Å². The Balaban J connectivity index is 1.44. The SMILES string of the molecule is COc1ccc(F)cc1S(=O)(=O)N(C)CC(=O)N1CCN(C(c2ccccc2)c2ccccc2)CC1. The van der Waals surface area contributed by atoms with Gasteiger partial charge in [-0.25, -0.2) is 12.8 Å². The molecule has 1 saturated heterocycles. The van der Waals surface area contributed by atoms with Crippen LogP contribution in [-0.4, -0.2) is 75.3 Å². The Morgan fingerprint density at radius 1 is 0.944 bits per heavy atom. The number of likely N-dealkylation sites (N-methyl/N-ethyl adjacent to an activating group) is 1. The largest absolute Gasteiger partial charge is 0.495 e. The Hall–Kier alpha value is -3.27. The highest BCUT2D eigenvalue weighted by atomic mass is 32.2. The lowest BCUT2D eigenvalue weighted by molar-refractivity contribution is -0.133. The van der Waals surface area contributed by atoms with Crippen molar-refractivity contribution in [1.82, 2.24) is 14.1 Å². The molecule has 1 aliphatic heterocycles. The van der Waals surface area contributed by atoms with Crippen molar-refractivity contribution in [3.63, 3.8) is 0 Å². The summed E-state index contributed by atoms with van der Waals surface area (Å²) in [4.78, 5) is 16.7. The molecule has 0 saturated carbocycles. The molecule has 0 radical (unpaired) electrons. The number of nitrogens with zero attached hydrogens (tertiary/aromatic N) is 3. The standard InChI is InChI=1S/C27H30FN3O4S/c1-29(36(33,34)25-19-23(28)13-14-24(25)35-2)20-26(32)30-15-17-31(18-16-30)27(21-9-5-3-6-10-21)22-11-7-4-8-12-22/h3-14,19,27H,15-18,20H2,1-2H3. The number of sulfonamides is 1. The number of benzene rings is 3. The Kier molecular flexibility index (Phi) is 8.03. The minimum absolute atomic E-state index is 0.0252. The van der Waals surface area contributed by atoms with E-state index in [9.17, 15) is 17.6 Å². The van der Waals surface area contributed by atoms with Crippen LogP contribution in [0.1, 0.15) is 17.2 Å². The Morgan fingerprint density at radius 3 is 2.03 bits per heavy atom. The van der Waals surface area contributed by atoms with Crippen molar-refractivity contribution in [2.45, 2.75) is 10.9 Å². The topological polar surface area (TPSA) is 70.2 Å². The summed E-state index contributed by atoms with van der Waals surface area (Å²) in [6.07, 6.45) is 0. The third-order valence-electron chi connectivity index (χ3n) is 6.43. The first kappa shape index (κ1) is 25.8. The average Bonchev–Trinajstić information content (AvgIpc) is 2.90. The molecular formula is C27H30FN3O4S. The van der Waals surface area contributed by atoms with Crippen molar-refractivity contribution < 1.29 is 22.3 Å². The number of carbonyl (C=O) groups is 1. The first-order valence-corrected chi connectivity index (χ1v) is 13.2. The van der Waals surface area contributed by atoms with Crippen LogP contribution < -0.4 is 4.74 Å². The van der Waals surface area contributed by atoms with E-state index < -0.39 is 15.8 Å². The molecule has 4 rings (SSSR count). The fourth-order valence-corrected chi connectivity index (χ4v) is 5.79. The van der Waals surface area contributed by atoms with Crippen LogP contribution in [0.3, 0.4) is 0 Å². The zero-order chi connectivity index (χ0) is 25.7. The molecule has 3 aromatic rings. The predicted octanol–water partition coefficient (Wildman–Crippen LogP) is 3.39. The van der Waals surface area contributed by atoms with Crippen LogP contribution in [0.2, 0.25) is 0 Å². The van der Waals surface area contributed by atoms with E-state index in [0.29, 0.717) is 26.2 Å². The maximum atomic E-state index is 13.8. The van der Waals surface area contributed by atoms with Crippen LogP contribution in [0, 0.1) is 5.82 Å². The van der Waals surface area contributed by atoms with Gasteiger partial charge < -0.3 is 9.64 Å². The molecule has 0 bridgehead atoms. The quantitative estimate of drug-likeness (QED) is 0.464. The second kappa shape index (κ2) is 11.2. The van der Waals surface area contributed by atoms with E-state index in [2.05, 4.69) is 29.2 Å². The van der Waals surface area contributed by atoms with E-state index in [1.54, 1.807) is 4.90 Å². The molecule has 1 aliphatic rings. The third-order valence-corrected chi connectivity index (χ3v) is 8.26. The molecule has 7 nitrogen and oxygen atoms in total. The fraction of sp³-hybridized carbons (Fsp3) is 0.296. The van der Waals surface area contributed by atoms with Gasteiger partial charge in [-0.1, -0.05) is 60.7 Å². The molecule has 1 fully saturated rings. The molecule has 190 valence electrons. The number of piperazine rings is 1. The number of halogens is 1. The van der Waals surface area contributed by atoms with Crippen LogP contribution >= 0.6 is 0 Å². The first-order valence-electron chi connectivity index (χ1n) is 11.7. The summed E-state index contributed by atoms with van der Waals surface area (Å²) in [6, 6.07) is 23.9. The Labute approximate surface area is 211 Å². The van der Waals surface area contributed by atoms with Gasteiger partial charge >= 0.3 is 0 Å². The highest BCUT2D eigenvalue weighted by molar-refractivity contribution is 7.89. The summed E-state index contributed by atoms with van der Waals surface area (Å²) in [6.45, 7) is 1.91. The van der Waals surface area contributed by atoms with Gasteiger partial charge in [-0.3, -0.25) is 9.69 Å². The number of hydrogen-bond acceptors (Lipinski definition) is 5. The van der Waals surface area contributed by atoms with Crippen molar-refractivity contribution in [3.05, 3.63) is 95.8 Å². The minimum atomic E-state index is -4.12. The van der Waals surface area contributed by atoms with Crippen molar-refractivity contribution in [3.8, 4) is 5.75 Å². The van der Waals surface area contributed by atoms with E-state index >= 15 is 0 Å². The normalized spacial score (nSPS) is 14.9. The van der Waals surface area contributed by atoms with Gasteiger partial charge in [0, 0.05) is 33.2 Å². The molecule has 0 N–H and O–H groups in total. The molecular weight excluding hydrogens is 481 g/mol. The number of amides is 1. The highest BCUT2D eigenvalue weighted by Crippen LogP contribution is 2.30. The molecule has 0 atom stereocenters. The molecule has 1 amide bonds. The highest BCUT2D eigenvalue weighted by Gasteiger charge is 2.31. The number of hydrogen-bond donors (Lipinski definition) is 0. The van der Waals surface area contributed by atoms with E-state index in [4.69, 9.17) is 4.74 Å². The molecule has 0 aromatic heterocycles. The predicted molar refractivity (Wildman–Crippen MR) is 136 cm³/mol. The van der Waals surface area contributed by atoms with Gasteiger partial charge in [0.1, 0.15) is 16.5 Å². The zero-order valence-electron chi connectivity index (χ0n) is 20.4. The average molecular weight is 512 g/mol. The van der Waals surface area contributed by atoms with Crippen molar-refractivity contribution in [2.75, 3.05) is 46.9 Å². The van der Waals surface area contributed by atoms with Gasteiger partial charge in [0.15, 0.2) is 0 Å². The van der Waals surface area contributed by atoms with Gasteiger partial charge in [-0.2, -0.15) is 4.31 Å². The lowest BCUT2D eigenvalue weighted by atomic mass is 9.96. The summed E-state index contributed by atoms with van der Waals surface area (Å²) in [7, 11) is -1.50. The van der Waals surface area contributed by atoms with Gasteiger partial charge in [0.05, 0.1) is 19.7 Å². The van der Waals surface area contributed by atoms with Crippen LogP contribution in [0.25, 0.3) is 0 Å². The zero-order valence-corrected chi connectivity index (χ0v) is 21.2. The lowest BCUT2D eigenvalue weighted by Gasteiger charge is -2.40. The van der Waals surface area contributed by atoms with Crippen molar-refractivity contribution >= 4 is 15.9 Å². The summed E-state index contributed by atoms with van der Waals surface area (Å²) in [5.41, 5.74) is 2.36. The molecule has 9 heteroatoms. The number of carbonyl (C=O) groups excluding carboxylic acids is 1. The lowest BCUT2D eigenvalue weighted by Crippen LogP contribution is -2.52. The van der Waals surface area contributed by atoms with E-state index in [1.165, 1.54) is 31.4 Å². The van der Waals surface area contributed by atoms with E-state index in [-0.39, 0.29) is 29.1 Å². The van der Waals surface area contributed by atoms with Gasteiger partial charge in [-0.15, -0.1) is 0 Å². The molecule has 1 heterocycles. The fourth-order valence-electron chi connectivity index (χ4n) is 4.51. The maximum absolute atomic E-state index is 13.8. The van der Waals surface area contributed by atoms with Gasteiger partial charge in [0.2, 0.25) is 15.9 Å². The van der Waals surface area contributed by atoms with Crippen LogP contribution in [0.4, 0.5) is 4.39 Å². The van der Waals surface area contributed by atoms with Crippen molar-refractivity contribution in [1.29, 1.82) is 0 Å². The smallest absolute Gasteiger partial charge is 0.247 e. The van der Waals surface area contributed by atoms with Crippen LogP contribution in [0.15, 0.2) is 83.8 Å². The number of ether oxygens (including phenoxy) is 1. The van der Waals surface area contributed by atoms with E-state index in [1.807, 2.05) is 36.4 Å². The first-order chi connectivity index (χ1) is 17.3. The molecule has 36 heavy (non-hydrogen) atoms. The Bertz CT molecular complexity index is 1240. The number of methoxy groups -OCH3 is 1. The molecule has 3 aromatic carbocycles. The van der Waals surface area contributed by atoms with E-state index in [0.717, 1.165) is 16.4 Å². The maximum Gasteiger partial charge on any atom is 0.247 e. The third kappa shape index (κ3) is 5.59. The van der Waals surface area contributed by atoms with Crippen molar-refractivity contribution in [2.24, 2.45) is 0 Å². The summed E-state index contributed by atoms with van der Waals surface area (Å²) in [5, 5.41) is 0. The van der Waals surface area contributed by atoms with Gasteiger partial charge in [-0.05, 0) is 29.3 Å². The monoisotopic (exact) mass is 511 g/mol. The minimum Gasteiger partial charge on any atom is -0.495 e. The second-order valence-corrected chi connectivity index (χ2v) is 10.7. The summed E-state index contributed by atoms with van der Waals surface area (Å²) in [5.74, 6) is -0.971. The Morgan fingerprint density at radius 2 is 1.50 bits per heavy atom.